The first-order valence-corrected chi connectivity index (χ1v) is 6.60. The van der Waals surface area contributed by atoms with Crippen LogP contribution in [0.1, 0.15) is 11.7 Å². The summed E-state index contributed by atoms with van der Waals surface area (Å²) in [4.78, 5) is 8.08. The van der Waals surface area contributed by atoms with E-state index in [2.05, 4.69) is 0 Å². The third kappa shape index (κ3) is 3.78. The smallest absolute Gasteiger partial charge is 0.335 e. The van der Waals surface area contributed by atoms with Gasteiger partial charge in [0.2, 0.25) is 0 Å². The van der Waals surface area contributed by atoms with Gasteiger partial charge in [0.15, 0.2) is 6.10 Å². The van der Waals surface area contributed by atoms with E-state index in [-0.39, 0.29) is 12.1 Å². The Morgan fingerprint density at radius 3 is 2.05 bits per heavy atom. The van der Waals surface area contributed by atoms with Crippen LogP contribution in [0.2, 0.25) is 0 Å². The lowest BCUT2D eigenvalue weighted by Gasteiger charge is -2.40. The molecule has 110 valence electrons. The van der Waals surface area contributed by atoms with Crippen LogP contribution in [0.15, 0.2) is 29.2 Å². The zero-order valence-electron chi connectivity index (χ0n) is 9.01. The average molecular weight is 308 g/mol. The second-order valence-corrected chi connectivity index (χ2v) is 6.18. The van der Waals surface area contributed by atoms with Gasteiger partial charge in [0, 0.05) is 0 Å². The number of aliphatic hydroxyl groups is 2. The molecular weight excluding hydrogens is 299 g/mol. The van der Waals surface area contributed by atoms with E-state index in [1.165, 1.54) is 0 Å². The molecule has 2 unspecified atom stereocenters. The molecule has 1 aromatic carbocycles. The lowest BCUT2D eigenvalue weighted by molar-refractivity contribution is -0.153. The van der Waals surface area contributed by atoms with Crippen molar-refractivity contribution in [1.29, 1.82) is 0 Å². The number of aliphatic carboxylic acids is 1. The van der Waals surface area contributed by atoms with Gasteiger partial charge in [-0.3, -0.25) is 0 Å². The number of carboxylic acid groups (broad SMARTS) is 1. The fraction of sp³-hybridized carbons (Fsp3) is 0.222. The molecule has 0 fully saturated rings. The van der Waals surface area contributed by atoms with Gasteiger partial charge in [0.05, 0.1) is 0 Å². The first-order valence-electron chi connectivity index (χ1n) is 4.65. The van der Waals surface area contributed by atoms with Gasteiger partial charge in [-0.15, -0.1) is 0 Å². The molecule has 0 radical (unpaired) electrons. The second-order valence-electron chi connectivity index (χ2n) is 3.77. The molecule has 0 saturated carbocycles. The molecule has 1 aromatic rings. The third-order valence-electron chi connectivity index (χ3n) is 2.20. The standard InChI is InChI=1S/C9H9F5O4S/c10-19(11,12,13,14)6-3-1-2-5(4-6)7(15)8(16)9(17)18/h1-4,7-8,15-16H,(H,17,18). The zero-order chi connectivity index (χ0) is 15.1. The molecule has 0 aliphatic carbocycles. The van der Waals surface area contributed by atoms with Gasteiger partial charge >= 0.3 is 16.2 Å². The van der Waals surface area contributed by atoms with Crippen molar-refractivity contribution in [1.82, 2.24) is 0 Å². The van der Waals surface area contributed by atoms with Crippen molar-refractivity contribution in [2.75, 3.05) is 0 Å². The summed E-state index contributed by atoms with van der Waals surface area (Å²) < 4.78 is 62.5. The topological polar surface area (TPSA) is 77.8 Å². The minimum absolute atomic E-state index is 0.0849. The van der Waals surface area contributed by atoms with Gasteiger partial charge < -0.3 is 15.3 Å². The number of hydrogen-bond acceptors (Lipinski definition) is 3. The molecule has 0 bridgehead atoms. The van der Waals surface area contributed by atoms with Gasteiger partial charge in [-0.1, -0.05) is 31.6 Å². The highest BCUT2D eigenvalue weighted by molar-refractivity contribution is 8.45. The van der Waals surface area contributed by atoms with Crippen molar-refractivity contribution < 1.29 is 39.5 Å². The summed E-state index contributed by atoms with van der Waals surface area (Å²) in [6.45, 7) is 0. The van der Waals surface area contributed by atoms with Crippen LogP contribution in [-0.2, 0) is 4.79 Å². The monoisotopic (exact) mass is 308 g/mol. The molecule has 0 heterocycles. The van der Waals surface area contributed by atoms with Gasteiger partial charge in [-0.25, -0.2) is 4.79 Å². The summed E-state index contributed by atoms with van der Waals surface area (Å²) in [6, 6.07) is 1.40. The first-order chi connectivity index (χ1) is 8.22. The summed E-state index contributed by atoms with van der Waals surface area (Å²) >= 11 is 0. The van der Waals surface area contributed by atoms with Crippen LogP contribution in [0.3, 0.4) is 0 Å². The van der Waals surface area contributed by atoms with E-state index in [4.69, 9.17) is 10.2 Å². The summed E-state index contributed by atoms with van der Waals surface area (Å²) in [6.07, 6.45) is -4.67. The van der Waals surface area contributed by atoms with Gasteiger partial charge in [0.25, 0.3) is 0 Å². The molecule has 19 heavy (non-hydrogen) atoms. The molecule has 0 aliphatic rings. The van der Waals surface area contributed by atoms with Crippen LogP contribution in [0.25, 0.3) is 0 Å². The van der Waals surface area contributed by atoms with E-state index in [0.717, 1.165) is 6.07 Å². The maximum absolute atomic E-state index is 12.5. The highest BCUT2D eigenvalue weighted by atomic mass is 32.5. The van der Waals surface area contributed by atoms with Crippen LogP contribution in [0.5, 0.6) is 0 Å². The molecule has 0 spiro atoms. The molecule has 0 amide bonds. The van der Waals surface area contributed by atoms with Crippen molar-refractivity contribution in [3.8, 4) is 0 Å². The number of benzene rings is 1. The van der Waals surface area contributed by atoms with E-state index in [0.29, 0.717) is 6.07 Å². The number of aliphatic hydroxyl groups excluding tert-OH is 2. The van der Waals surface area contributed by atoms with Crippen molar-refractivity contribution in [3.63, 3.8) is 0 Å². The third-order valence-corrected chi connectivity index (χ3v) is 3.34. The predicted molar refractivity (Wildman–Crippen MR) is 56.4 cm³/mol. The average Bonchev–Trinajstić information content (AvgIpc) is 2.24. The molecule has 0 aromatic heterocycles. The number of halogens is 5. The van der Waals surface area contributed by atoms with E-state index < -0.39 is 38.9 Å². The predicted octanol–water partition coefficient (Wildman–Crippen LogP) is 2.82. The van der Waals surface area contributed by atoms with Gasteiger partial charge in [0.1, 0.15) is 11.0 Å². The van der Waals surface area contributed by atoms with Crippen molar-refractivity contribution >= 4 is 16.2 Å². The van der Waals surface area contributed by atoms with Crippen LogP contribution in [-0.4, -0.2) is 27.4 Å². The Bertz CT molecular complexity index is 514. The number of hydrogen-bond donors (Lipinski definition) is 3. The highest BCUT2D eigenvalue weighted by Gasteiger charge is 2.65. The lowest BCUT2D eigenvalue weighted by atomic mass is 10.0. The fourth-order valence-electron chi connectivity index (χ4n) is 1.26. The fourth-order valence-corrected chi connectivity index (χ4v) is 1.95. The van der Waals surface area contributed by atoms with E-state index in [1.807, 2.05) is 0 Å². The van der Waals surface area contributed by atoms with E-state index in [9.17, 15) is 29.3 Å². The van der Waals surface area contributed by atoms with Crippen LogP contribution in [0.4, 0.5) is 19.4 Å². The Hall–Kier alpha value is -1.39. The van der Waals surface area contributed by atoms with Crippen molar-refractivity contribution in [2.24, 2.45) is 0 Å². The number of rotatable bonds is 4. The van der Waals surface area contributed by atoms with Gasteiger partial charge in [-0.05, 0) is 17.7 Å². The Morgan fingerprint density at radius 2 is 1.63 bits per heavy atom. The van der Waals surface area contributed by atoms with Crippen LogP contribution < -0.4 is 0 Å². The molecule has 4 nitrogen and oxygen atoms in total. The summed E-state index contributed by atoms with van der Waals surface area (Å²) in [5.41, 5.74) is -0.777. The molecule has 3 N–H and O–H groups in total. The first kappa shape index (κ1) is 15.7. The van der Waals surface area contributed by atoms with Crippen molar-refractivity contribution in [2.45, 2.75) is 17.1 Å². The quantitative estimate of drug-likeness (QED) is 0.747. The lowest BCUT2D eigenvalue weighted by Crippen LogP contribution is -2.27. The summed E-state index contributed by atoms with van der Waals surface area (Å²) in [5, 5.41) is 26.6. The molecule has 1 rings (SSSR count). The zero-order valence-corrected chi connectivity index (χ0v) is 9.83. The molecule has 10 heteroatoms. The maximum Gasteiger partial charge on any atom is 0.335 e. The minimum atomic E-state index is -9.92. The Labute approximate surface area is 103 Å². The van der Waals surface area contributed by atoms with E-state index >= 15 is 0 Å². The van der Waals surface area contributed by atoms with Crippen molar-refractivity contribution in [3.05, 3.63) is 29.8 Å². The largest absolute Gasteiger partial charge is 0.479 e. The van der Waals surface area contributed by atoms with Crippen LogP contribution >= 0.6 is 10.2 Å². The van der Waals surface area contributed by atoms with Crippen LogP contribution in [0, 0.1) is 0 Å². The SMILES string of the molecule is O=C(O)C(O)C(O)c1cccc(S(F)(F)(F)(F)F)c1. The summed E-state index contributed by atoms with van der Waals surface area (Å²) in [7, 11) is -9.92. The Balaban J connectivity index is 3.27. The Morgan fingerprint density at radius 1 is 1.11 bits per heavy atom. The number of carboxylic acids is 1. The normalized spacial score (nSPS) is 19.1. The molecular formula is C9H9F5O4S. The number of carbonyl (C=O) groups is 1. The molecule has 0 aliphatic heterocycles. The van der Waals surface area contributed by atoms with E-state index in [1.54, 1.807) is 0 Å². The minimum Gasteiger partial charge on any atom is -0.479 e. The summed E-state index contributed by atoms with van der Waals surface area (Å²) in [5.74, 6) is -1.90. The molecule has 0 saturated heterocycles. The Kier molecular flexibility index (Phi) is 3.14. The second kappa shape index (κ2) is 3.81. The highest BCUT2D eigenvalue weighted by Crippen LogP contribution is 3.02. The van der Waals surface area contributed by atoms with Gasteiger partial charge in [-0.2, -0.15) is 0 Å². The maximum atomic E-state index is 12.5. The molecule has 2 atom stereocenters.